The second kappa shape index (κ2) is 9.12. The van der Waals surface area contributed by atoms with E-state index in [0.29, 0.717) is 6.42 Å². The van der Waals surface area contributed by atoms with Gasteiger partial charge in [0.1, 0.15) is 0 Å². The maximum Gasteiger partial charge on any atom is 0.219 e. The summed E-state index contributed by atoms with van der Waals surface area (Å²) in [6.07, 6.45) is 10.6. The molecule has 2 heteroatoms. The maximum atomic E-state index is 11.1. The number of amides is 1. The minimum atomic E-state index is 0.169. The largest absolute Gasteiger partial charge is 0.356 e. The molecule has 0 rings (SSSR count). The Morgan fingerprint density at radius 3 is 2.77 bits per heavy atom. The number of rotatable bonds is 7. The Bertz CT molecular complexity index is 169. The van der Waals surface area contributed by atoms with Gasteiger partial charge < -0.3 is 5.32 Å². The SMILES string of the molecule is C#CCCCCNC(=O)CCCC. The molecule has 0 aromatic carbocycles. The van der Waals surface area contributed by atoms with Crippen molar-refractivity contribution in [3.05, 3.63) is 0 Å². The Labute approximate surface area is 81.1 Å². The average molecular weight is 181 g/mol. The zero-order valence-electron chi connectivity index (χ0n) is 8.44. The Balaban J connectivity index is 3.13. The van der Waals surface area contributed by atoms with Gasteiger partial charge in [0.2, 0.25) is 5.91 Å². The van der Waals surface area contributed by atoms with E-state index in [1.807, 2.05) is 0 Å². The first-order valence-corrected chi connectivity index (χ1v) is 5.01. The number of terminal acetylenes is 1. The Hall–Kier alpha value is -0.970. The normalized spacial score (nSPS) is 9.23. The average Bonchev–Trinajstić information content (AvgIpc) is 2.14. The van der Waals surface area contributed by atoms with E-state index in [1.54, 1.807) is 0 Å². The molecule has 13 heavy (non-hydrogen) atoms. The first-order chi connectivity index (χ1) is 6.31. The summed E-state index contributed by atoms with van der Waals surface area (Å²) in [5, 5.41) is 2.87. The van der Waals surface area contributed by atoms with Crippen LogP contribution in [-0.2, 0) is 4.79 Å². The van der Waals surface area contributed by atoms with Crippen LogP contribution in [0.1, 0.15) is 45.4 Å². The molecule has 0 saturated carbocycles. The van der Waals surface area contributed by atoms with Crippen molar-refractivity contribution in [2.45, 2.75) is 45.4 Å². The van der Waals surface area contributed by atoms with Gasteiger partial charge in [-0.1, -0.05) is 13.3 Å². The zero-order valence-corrected chi connectivity index (χ0v) is 8.44. The summed E-state index contributed by atoms with van der Waals surface area (Å²) in [5.41, 5.74) is 0. The highest BCUT2D eigenvalue weighted by atomic mass is 16.1. The van der Waals surface area contributed by atoms with Crippen LogP contribution in [0, 0.1) is 12.3 Å². The van der Waals surface area contributed by atoms with Crippen LogP contribution in [0.2, 0.25) is 0 Å². The molecule has 0 atom stereocenters. The first-order valence-electron chi connectivity index (χ1n) is 5.01. The molecule has 0 heterocycles. The van der Waals surface area contributed by atoms with Crippen LogP contribution >= 0.6 is 0 Å². The van der Waals surface area contributed by atoms with Gasteiger partial charge in [-0.15, -0.1) is 12.3 Å². The molecule has 0 aromatic rings. The minimum absolute atomic E-state index is 0.169. The van der Waals surface area contributed by atoms with E-state index in [9.17, 15) is 4.79 Å². The van der Waals surface area contributed by atoms with E-state index < -0.39 is 0 Å². The minimum Gasteiger partial charge on any atom is -0.356 e. The summed E-state index contributed by atoms with van der Waals surface area (Å²) in [5.74, 6) is 2.75. The number of nitrogens with one attached hydrogen (secondary N) is 1. The fourth-order valence-electron chi connectivity index (χ4n) is 1.01. The van der Waals surface area contributed by atoms with E-state index in [4.69, 9.17) is 6.42 Å². The van der Waals surface area contributed by atoms with Crippen LogP contribution in [0.25, 0.3) is 0 Å². The number of carbonyl (C=O) groups excluding carboxylic acids is 1. The van der Waals surface area contributed by atoms with Gasteiger partial charge in [0.15, 0.2) is 0 Å². The number of hydrogen-bond donors (Lipinski definition) is 1. The van der Waals surface area contributed by atoms with Gasteiger partial charge in [-0.25, -0.2) is 0 Å². The van der Waals surface area contributed by atoms with Crippen molar-refractivity contribution in [3.8, 4) is 12.3 Å². The summed E-state index contributed by atoms with van der Waals surface area (Å²) < 4.78 is 0. The lowest BCUT2D eigenvalue weighted by molar-refractivity contribution is -0.121. The monoisotopic (exact) mass is 181 g/mol. The lowest BCUT2D eigenvalue weighted by Gasteiger charge is -2.02. The molecule has 2 nitrogen and oxygen atoms in total. The molecular weight excluding hydrogens is 162 g/mol. The van der Waals surface area contributed by atoms with Crippen molar-refractivity contribution in [1.82, 2.24) is 5.32 Å². The highest BCUT2D eigenvalue weighted by Gasteiger charge is 1.97. The van der Waals surface area contributed by atoms with E-state index >= 15 is 0 Å². The number of carbonyl (C=O) groups is 1. The van der Waals surface area contributed by atoms with Crippen molar-refractivity contribution < 1.29 is 4.79 Å². The van der Waals surface area contributed by atoms with E-state index in [2.05, 4.69) is 18.2 Å². The van der Waals surface area contributed by atoms with Gasteiger partial charge in [0.05, 0.1) is 0 Å². The van der Waals surface area contributed by atoms with Crippen molar-refractivity contribution in [1.29, 1.82) is 0 Å². The molecular formula is C11H19NO. The molecule has 0 radical (unpaired) electrons. The third kappa shape index (κ3) is 8.94. The maximum absolute atomic E-state index is 11.1. The fourth-order valence-corrected chi connectivity index (χ4v) is 1.01. The molecule has 0 aliphatic carbocycles. The highest BCUT2D eigenvalue weighted by Crippen LogP contribution is 1.95. The summed E-state index contributed by atoms with van der Waals surface area (Å²) in [6.45, 7) is 2.85. The number of hydrogen-bond acceptors (Lipinski definition) is 1. The van der Waals surface area contributed by atoms with Crippen molar-refractivity contribution in [3.63, 3.8) is 0 Å². The van der Waals surface area contributed by atoms with E-state index in [0.717, 1.165) is 38.6 Å². The molecule has 0 fully saturated rings. The standard InChI is InChI=1S/C11H19NO/c1-3-5-7-8-10-12-11(13)9-6-4-2/h1H,4-10H2,2H3,(H,12,13). The third-order valence-corrected chi connectivity index (χ3v) is 1.83. The Morgan fingerprint density at radius 2 is 2.15 bits per heavy atom. The molecule has 1 N–H and O–H groups in total. The van der Waals surface area contributed by atoms with Crippen LogP contribution in [0.3, 0.4) is 0 Å². The number of unbranched alkanes of at least 4 members (excludes halogenated alkanes) is 3. The first kappa shape index (κ1) is 12.0. The van der Waals surface area contributed by atoms with Crippen molar-refractivity contribution in [2.24, 2.45) is 0 Å². The van der Waals surface area contributed by atoms with Crippen LogP contribution < -0.4 is 5.32 Å². The molecule has 0 aliphatic heterocycles. The van der Waals surface area contributed by atoms with Crippen molar-refractivity contribution in [2.75, 3.05) is 6.54 Å². The molecule has 0 unspecified atom stereocenters. The Kier molecular flexibility index (Phi) is 8.44. The van der Waals surface area contributed by atoms with Crippen LogP contribution in [0.5, 0.6) is 0 Å². The van der Waals surface area contributed by atoms with Crippen LogP contribution in [0.15, 0.2) is 0 Å². The van der Waals surface area contributed by atoms with Gasteiger partial charge in [0.25, 0.3) is 0 Å². The van der Waals surface area contributed by atoms with Gasteiger partial charge in [-0.3, -0.25) is 4.79 Å². The molecule has 74 valence electrons. The van der Waals surface area contributed by atoms with Crippen molar-refractivity contribution >= 4 is 5.91 Å². The Morgan fingerprint density at radius 1 is 1.38 bits per heavy atom. The summed E-state index contributed by atoms with van der Waals surface area (Å²) in [6, 6.07) is 0. The van der Waals surface area contributed by atoms with E-state index in [-0.39, 0.29) is 5.91 Å². The van der Waals surface area contributed by atoms with E-state index in [1.165, 1.54) is 0 Å². The molecule has 0 aliphatic rings. The smallest absolute Gasteiger partial charge is 0.219 e. The fraction of sp³-hybridized carbons (Fsp3) is 0.727. The van der Waals surface area contributed by atoms with Crippen LogP contribution in [0.4, 0.5) is 0 Å². The molecule has 0 saturated heterocycles. The van der Waals surface area contributed by atoms with Gasteiger partial charge in [-0.2, -0.15) is 0 Å². The lowest BCUT2D eigenvalue weighted by Crippen LogP contribution is -2.23. The molecule has 1 amide bonds. The summed E-state index contributed by atoms with van der Waals surface area (Å²) in [4.78, 5) is 11.1. The lowest BCUT2D eigenvalue weighted by atomic mass is 10.2. The third-order valence-electron chi connectivity index (χ3n) is 1.83. The zero-order chi connectivity index (χ0) is 9.94. The van der Waals surface area contributed by atoms with Gasteiger partial charge >= 0.3 is 0 Å². The quantitative estimate of drug-likeness (QED) is 0.473. The molecule has 0 bridgehead atoms. The second-order valence-electron chi connectivity index (χ2n) is 3.11. The molecule has 0 spiro atoms. The predicted molar refractivity (Wildman–Crippen MR) is 55.2 cm³/mol. The topological polar surface area (TPSA) is 29.1 Å². The highest BCUT2D eigenvalue weighted by molar-refractivity contribution is 5.75. The predicted octanol–water partition coefficient (Wildman–Crippen LogP) is 2.10. The summed E-state index contributed by atoms with van der Waals surface area (Å²) >= 11 is 0. The molecule has 0 aromatic heterocycles. The van der Waals surface area contributed by atoms with Gasteiger partial charge in [0, 0.05) is 19.4 Å². The summed E-state index contributed by atoms with van der Waals surface area (Å²) in [7, 11) is 0. The van der Waals surface area contributed by atoms with Crippen LogP contribution in [-0.4, -0.2) is 12.5 Å². The second-order valence-corrected chi connectivity index (χ2v) is 3.11. The van der Waals surface area contributed by atoms with Gasteiger partial charge in [-0.05, 0) is 19.3 Å².